The van der Waals surface area contributed by atoms with E-state index in [0.29, 0.717) is 31.6 Å². The van der Waals surface area contributed by atoms with Crippen LogP contribution in [0, 0.1) is 11.9 Å². The van der Waals surface area contributed by atoms with Crippen molar-refractivity contribution in [3.8, 4) is 0 Å². The van der Waals surface area contributed by atoms with Gasteiger partial charge in [-0.15, -0.1) is 0 Å². The summed E-state index contributed by atoms with van der Waals surface area (Å²) in [6, 6.07) is 3.82. The van der Waals surface area contributed by atoms with Gasteiger partial charge in [0.2, 0.25) is 15.8 Å². The molecule has 8 nitrogen and oxygen atoms in total. The lowest BCUT2D eigenvalue weighted by atomic mass is 9.86. The number of carbonyl (C=O) groups excluding carboxylic acids is 1. The number of piperidine rings is 1. The predicted molar refractivity (Wildman–Crippen MR) is 102 cm³/mol. The quantitative estimate of drug-likeness (QED) is 0.783. The lowest BCUT2D eigenvalue weighted by molar-refractivity contribution is 0.171. The number of anilines is 1. The SMILES string of the molecule is Cn1nccc1S(=O)(=O)C(C)(C)C1CCN(C(=O)Nc2ccc(F)nc2)CC1. The third kappa shape index (κ3) is 3.73. The number of aromatic nitrogens is 3. The molecule has 0 bridgehead atoms. The lowest BCUT2D eigenvalue weighted by Gasteiger charge is -2.40. The standard InChI is InChI=1S/C18H24FN5O3S/c1-18(2,28(26,27)16-6-9-21-23(16)3)13-7-10-24(11-8-13)17(25)22-14-4-5-15(19)20-12-14/h4-6,9,12-13H,7-8,10-11H2,1-3H3,(H,22,25). The second-order valence-electron chi connectivity index (χ2n) is 7.46. The first-order valence-electron chi connectivity index (χ1n) is 9.03. The van der Waals surface area contributed by atoms with Gasteiger partial charge in [0.1, 0.15) is 0 Å². The predicted octanol–water partition coefficient (Wildman–Crippen LogP) is 2.45. The maximum absolute atomic E-state index is 13.1. The molecule has 1 saturated heterocycles. The number of likely N-dealkylation sites (tertiary alicyclic amines) is 1. The smallest absolute Gasteiger partial charge is 0.321 e. The van der Waals surface area contributed by atoms with Gasteiger partial charge < -0.3 is 10.2 Å². The van der Waals surface area contributed by atoms with E-state index < -0.39 is 20.5 Å². The van der Waals surface area contributed by atoms with E-state index in [4.69, 9.17) is 0 Å². The summed E-state index contributed by atoms with van der Waals surface area (Å²) >= 11 is 0. The molecule has 0 unspecified atom stereocenters. The Morgan fingerprint density at radius 1 is 1.25 bits per heavy atom. The number of aryl methyl sites for hydroxylation is 1. The zero-order valence-corrected chi connectivity index (χ0v) is 16.9. The first-order valence-corrected chi connectivity index (χ1v) is 10.5. The maximum atomic E-state index is 13.1. The Morgan fingerprint density at radius 3 is 2.46 bits per heavy atom. The normalized spacial score (nSPS) is 16.2. The average Bonchev–Trinajstić information content (AvgIpc) is 3.10. The van der Waals surface area contributed by atoms with Crippen LogP contribution in [0.2, 0.25) is 0 Å². The molecule has 10 heteroatoms. The second-order valence-corrected chi connectivity index (χ2v) is 9.94. The summed E-state index contributed by atoms with van der Waals surface area (Å²) in [5.74, 6) is -0.709. The summed E-state index contributed by atoms with van der Waals surface area (Å²) in [6.07, 6.45) is 3.86. The Morgan fingerprint density at radius 2 is 1.93 bits per heavy atom. The van der Waals surface area contributed by atoms with Crippen molar-refractivity contribution in [3.05, 3.63) is 36.5 Å². The molecule has 2 aromatic heterocycles. The number of amides is 2. The Kier molecular flexibility index (Phi) is 5.42. The topological polar surface area (TPSA) is 97.2 Å². The van der Waals surface area contributed by atoms with Crippen molar-refractivity contribution in [1.29, 1.82) is 0 Å². The monoisotopic (exact) mass is 409 g/mol. The Hall–Kier alpha value is -2.49. The number of hydrogen-bond acceptors (Lipinski definition) is 5. The van der Waals surface area contributed by atoms with Gasteiger partial charge in [0.25, 0.3) is 0 Å². The van der Waals surface area contributed by atoms with Crippen molar-refractivity contribution in [2.45, 2.75) is 36.5 Å². The third-order valence-corrected chi connectivity index (χ3v) is 8.16. The van der Waals surface area contributed by atoms with Crippen molar-refractivity contribution in [2.24, 2.45) is 13.0 Å². The zero-order valence-electron chi connectivity index (χ0n) is 16.1. The molecule has 0 atom stereocenters. The molecule has 3 heterocycles. The van der Waals surface area contributed by atoms with E-state index in [9.17, 15) is 17.6 Å². The fourth-order valence-electron chi connectivity index (χ4n) is 3.54. The Labute approximate surface area is 163 Å². The molecule has 1 N–H and O–H groups in total. The van der Waals surface area contributed by atoms with Crippen LogP contribution in [0.3, 0.4) is 0 Å². The fraction of sp³-hybridized carbons (Fsp3) is 0.500. The Balaban J connectivity index is 1.65. The molecule has 0 aromatic carbocycles. The summed E-state index contributed by atoms with van der Waals surface area (Å²) in [4.78, 5) is 17.5. The minimum absolute atomic E-state index is 0.0936. The van der Waals surface area contributed by atoms with Gasteiger partial charge >= 0.3 is 6.03 Å². The van der Waals surface area contributed by atoms with Crippen LogP contribution in [-0.2, 0) is 16.9 Å². The van der Waals surface area contributed by atoms with Crippen LogP contribution in [0.4, 0.5) is 14.9 Å². The van der Waals surface area contributed by atoms with E-state index >= 15 is 0 Å². The van der Waals surface area contributed by atoms with Gasteiger partial charge in [-0.1, -0.05) is 0 Å². The van der Waals surface area contributed by atoms with Crippen LogP contribution in [0.25, 0.3) is 0 Å². The molecule has 0 aliphatic carbocycles. The third-order valence-electron chi connectivity index (χ3n) is 5.49. The molecule has 152 valence electrons. The van der Waals surface area contributed by atoms with Crippen LogP contribution >= 0.6 is 0 Å². The number of nitrogens with one attached hydrogen (secondary N) is 1. The molecule has 0 spiro atoms. The minimum atomic E-state index is -3.58. The number of halogens is 1. The highest BCUT2D eigenvalue weighted by Gasteiger charge is 2.45. The summed E-state index contributed by atoms with van der Waals surface area (Å²) in [5.41, 5.74) is 0.410. The van der Waals surface area contributed by atoms with Gasteiger partial charge in [-0.3, -0.25) is 4.68 Å². The molecule has 2 aromatic rings. The number of hydrogen-bond donors (Lipinski definition) is 1. The number of carbonyl (C=O) groups is 1. The Bertz CT molecular complexity index is 948. The van der Waals surface area contributed by atoms with E-state index in [1.165, 1.54) is 35.3 Å². The minimum Gasteiger partial charge on any atom is -0.325 e. The van der Waals surface area contributed by atoms with Gasteiger partial charge in [-0.25, -0.2) is 18.2 Å². The molecule has 1 aliphatic heterocycles. The fourth-order valence-corrected chi connectivity index (χ4v) is 5.39. The molecule has 3 rings (SSSR count). The van der Waals surface area contributed by atoms with E-state index in [1.807, 2.05) is 0 Å². The highest BCUT2D eigenvalue weighted by Crippen LogP contribution is 2.37. The molecule has 1 fully saturated rings. The molecule has 0 radical (unpaired) electrons. The summed E-state index contributed by atoms with van der Waals surface area (Å²) in [6.45, 7) is 4.35. The van der Waals surface area contributed by atoms with Crippen LogP contribution in [0.15, 0.2) is 35.6 Å². The number of pyridine rings is 1. The van der Waals surface area contributed by atoms with Crippen LogP contribution in [-0.4, -0.2) is 51.9 Å². The van der Waals surface area contributed by atoms with Crippen molar-refractivity contribution in [2.75, 3.05) is 18.4 Å². The summed E-state index contributed by atoms with van der Waals surface area (Å²) < 4.78 is 39.5. The van der Waals surface area contributed by atoms with E-state index in [0.717, 1.165) is 0 Å². The van der Waals surface area contributed by atoms with Gasteiger partial charge in [0.05, 0.1) is 22.8 Å². The molecular formula is C18H24FN5O3S. The summed E-state index contributed by atoms with van der Waals surface area (Å²) in [7, 11) is -1.97. The van der Waals surface area contributed by atoms with Gasteiger partial charge in [0.15, 0.2) is 5.03 Å². The van der Waals surface area contributed by atoms with Crippen LogP contribution in [0.5, 0.6) is 0 Å². The van der Waals surface area contributed by atoms with E-state index in [-0.39, 0.29) is 17.0 Å². The highest BCUT2D eigenvalue weighted by atomic mass is 32.2. The molecule has 1 aliphatic rings. The average molecular weight is 409 g/mol. The number of urea groups is 1. The van der Waals surface area contributed by atoms with Crippen LogP contribution in [0.1, 0.15) is 26.7 Å². The van der Waals surface area contributed by atoms with Crippen LogP contribution < -0.4 is 5.32 Å². The number of rotatable bonds is 4. The molecule has 28 heavy (non-hydrogen) atoms. The molecule has 0 saturated carbocycles. The maximum Gasteiger partial charge on any atom is 0.321 e. The van der Waals surface area contributed by atoms with Gasteiger partial charge in [-0.05, 0) is 50.8 Å². The van der Waals surface area contributed by atoms with Gasteiger partial charge in [0, 0.05) is 20.1 Å². The van der Waals surface area contributed by atoms with Crippen molar-refractivity contribution in [3.63, 3.8) is 0 Å². The number of sulfone groups is 1. The van der Waals surface area contributed by atoms with E-state index in [2.05, 4.69) is 15.4 Å². The number of nitrogens with zero attached hydrogens (tertiary/aromatic N) is 4. The van der Waals surface area contributed by atoms with E-state index in [1.54, 1.807) is 25.8 Å². The van der Waals surface area contributed by atoms with Crippen molar-refractivity contribution in [1.82, 2.24) is 19.7 Å². The highest BCUT2D eigenvalue weighted by molar-refractivity contribution is 7.92. The largest absolute Gasteiger partial charge is 0.325 e. The first kappa shape index (κ1) is 20.2. The molecule has 2 amide bonds. The lowest BCUT2D eigenvalue weighted by Crippen LogP contribution is -2.48. The second kappa shape index (κ2) is 7.50. The molecular weight excluding hydrogens is 385 g/mol. The zero-order chi connectivity index (χ0) is 20.5. The van der Waals surface area contributed by atoms with Crippen molar-refractivity contribution < 1.29 is 17.6 Å². The first-order chi connectivity index (χ1) is 13.1. The van der Waals surface area contributed by atoms with Gasteiger partial charge in [-0.2, -0.15) is 9.49 Å². The summed E-state index contributed by atoms with van der Waals surface area (Å²) in [5, 5.41) is 6.85. The van der Waals surface area contributed by atoms with Crippen molar-refractivity contribution >= 4 is 21.6 Å².